The highest BCUT2D eigenvalue weighted by molar-refractivity contribution is 7.89. The quantitative estimate of drug-likeness (QED) is 0.828. The van der Waals surface area contributed by atoms with Crippen LogP contribution >= 0.6 is 0 Å². The molecule has 1 aliphatic rings. The molecule has 1 aromatic carbocycles. The van der Waals surface area contributed by atoms with E-state index >= 15 is 0 Å². The molecule has 0 saturated carbocycles. The Balaban J connectivity index is 2.54. The Labute approximate surface area is 119 Å². The summed E-state index contributed by atoms with van der Waals surface area (Å²) in [5, 5.41) is 10.1. The molecular weight excluding hydrogens is 280 g/mol. The van der Waals surface area contributed by atoms with Crippen molar-refractivity contribution in [3.63, 3.8) is 0 Å². The Morgan fingerprint density at radius 1 is 1.35 bits per heavy atom. The fourth-order valence-corrected chi connectivity index (χ4v) is 3.14. The summed E-state index contributed by atoms with van der Waals surface area (Å²) in [5.74, 6) is 0.505. The Hall–Kier alpha value is -1.15. The summed E-state index contributed by atoms with van der Waals surface area (Å²) in [6, 6.07) is 3.84. The van der Waals surface area contributed by atoms with Gasteiger partial charge in [0.25, 0.3) is 0 Å². The van der Waals surface area contributed by atoms with E-state index in [9.17, 15) is 13.5 Å². The molecule has 112 valence electrons. The summed E-state index contributed by atoms with van der Waals surface area (Å²) in [6.07, 6.45) is -0.910. The number of sulfonamides is 1. The maximum Gasteiger partial charge on any atom is 0.242 e. The van der Waals surface area contributed by atoms with Crippen LogP contribution in [0.1, 0.15) is 25.5 Å². The Morgan fingerprint density at radius 2 is 1.95 bits per heavy atom. The van der Waals surface area contributed by atoms with Crippen LogP contribution in [0, 0.1) is 0 Å². The smallest absolute Gasteiger partial charge is 0.242 e. The van der Waals surface area contributed by atoms with Crippen molar-refractivity contribution in [2.45, 2.75) is 36.5 Å². The summed E-state index contributed by atoms with van der Waals surface area (Å²) in [4.78, 5) is 0.132. The molecule has 2 rings (SSSR count). The van der Waals surface area contributed by atoms with Crippen molar-refractivity contribution in [1.29, 1.82) is 0 Å². The van der Waals surface area contributed by atoms with Gasteiger partial charge < -0.3 is 15.6 Å². The first-order valence-electron chi connectivity index (χ1n) is 6.26. The molecule has 0 fully saturated rings. The number of hydrogen-bond acceptors (Lipinski definition) is 5. The van der Waals surface area contributed by atoms with Crippen LogP contribution in [0.25, 0.3) is 0 Å². The summed E-state index contributed by atoms with van der Waals surface area (Å²) in [7, 11) is -0.616. The molecule has 0 aliphatic carbocycles. The predicted octanol–water partition coefficient (Wildman–Crippen LogP) is 0.469. The topological polar surface area (TPSA) is 92.9 Å². The average molecular weight is 300 g/mol. The number of ether oxygens (including phenoxy) is 1. The molecule has 0 radical (unpaired) electrons. The highest BCUT2D eigenvalue weighted by atomic mass is 32.2. The number of nitrogens with zero attached hydrogens (tertiary/aromatic N) is 1. The van der Waals surface area contributed by atoms with Gasteiger partial charge in [-0.25, -0.2) is 12.7 Å². The van der Waals surface area contributed by atoms with E-state index in [0.29, 0.717) is 11.3 Å². The monoisotopic (exact) mass is 300 g/mol. The minimum atomic E-state index is -3.54. The van der Waals surface area contributed by atoms with Gasteiger partial charge in [-0.2, -0.15) is 0 Å². The van der Waals surface area contributed by atoms with Crippen LogP contribution in [0.3, 0.4) is 0 Å². The first-order valence-corrected chi connectivity index (χ1v) is 7.70. The summed E-state index contributed by atoms with van der Waals surface area (Å²) in [6.45, 7) is 3.48. The normalized spacial score (nSPS) is 25.1. The first-order chi connectivity index (χ1) is 9.07. The first kappa shape index (κ1) is 15.2. The zero-order valence-electron chi connectivity index (χ0n) is 12.0. The SMILES string of the molecule is CN(C)S(=O)(=O)c1ccc2c(c1)[C@@H](N)[C@H](O)C(C)(C)O2. The molecule has 0 bridgehead atoms. The van der Waals surface area contributed by atoms with E-state index in [4.69, 9.17) is 10.5 Å². The molecular formula is C13H20N2O4S. The zero-order chi connectivity index (χ0) is 15.3. The van der Waals surface area contributed by atoms with Gasteiger partial charge in [0.15, 0.2) is 0 Å². The maximum absolute atomic E-state index is 12.1. The van der Waals surface area contributed by atoms with Crippen LogP contribution in [0.2, 0.25) is 0 Å². The lowest BCUT2D eigenvalue weighted by Crippen LogP contribution is -2.51. The fraction of sp³-hybridized carbons (Fsp3) is 0.538. The van der Waals surface area contributed by atoms with Crippen molar-refractivity contribution >= 4 is 10.0 Å². The van der Waals surface area contributed by atoms with Crippen molar-refractivity contribution in [3.05, 3.63) is 23.8 Å². The van der Waals surface area contributed by atoms with E-state index in [2.05, 4.69) is 0 Å². The molecule has 1 aromatic rings. The molecule has 0 aromatic heterocycles. The Bertz CT molecular complexity index is 625. The van der Waals surface area contributed by atoms with Gasteiger partial charge in [-0.3, -0.25) is 0 Å². The molecule has 1 heterocycles. The van der Waals surface area contributed by atoms with E-state index in [1.807, 2.05) is 0 Å². The van der Waals surface area contributed by atoms with Gasteiger partial charge in [0.2, 0.25) is 10.0 Å². The van der Waals surface area contributed by atoms with Gasteiger partial charge in [-0.1, -0.05) is 0 Å². The third-order valence-corrected chi connectivity index (χ3v) is 5.36. The minimum Gasteiger partial charge on any atom is -0.485 e. The van der Waals surface area contributed by atoms with Gasteiger partial charge >= 0.3 is 0 Å². The standard InChI is InChI=1S/C13H20N2O4S/c1-13(2)12(16)11(14)9-7-8(5-6-10(9)19-13)20(17,18)15(3)4/h5-7,11-12,16H,14H2,1-4H3/t11-,12+/m1/s1. The lowest BCUT2D eigenvalue weighted by atomic mass is 9.87. The minimum absolute atomic E-state index is 0.132. The molecule has 20 heavy (non-hydrogen) atoms. The number of nitrogens with two attached hydrogens (primary N) is 1. The Kier molecular flexibility index (Phi) is 3.58. The number of aliphatic hydroxyl groups excluding tert-OH is 1. The van der Waals surface area contributed by atoms with Crippen molar-refractivity contribution in [2.24, 2.45) is 5.73 Å². The number of benzene rings is 1. The Morgan fingerprint density at radius 3 is 2.50 bits per heavy atom. The molecule has 3 N–H and O–H groups in total. The van der Waals surface area contributed by atoms with Crippen LogP contribution in [-0.4, -0.2) is 43.6 Å². The predicted molar refractivity (Wildman–Crippen MR) is 75.0 cm³/mol. The summed E-state index contributed by atoms with van der Waals surface area (Å²) in [5.41, 5.74) is 5.70. The molecule has 7 heteroatoms. The zero-order valence-corrected chi connectivity index (χ0v) is 12.8. The van der Waals surface area contributed by atoms with Gasteiger partial charge in [0, 0.05) is 19.7 Å². The highest BCUT2D eigenvalue weighted by Crippen LogP contribution is 2.39. The van der Waals surface area contributed by atoms with Crippen molar-refractivity contribution in [3.8, 4) is 5.75 Å². The fourth-order valence-electron chi connectivity index (χ4n) is 2.20. The third kappa shape index (κ3) is 2.31. The van der Waals surface area contributed by atoms with E-state index in [1.165, 1.54) is 26.2 Å². The summed E-state index contributed by atoms with van der Waals surface area (Å²) < 4.78 is 31.1. The van der Waals surface area contributed by atoms with Crippen molar-refractivity contribution in [1.82, 2.24) is 4.31 Å². The van der Waals surface area contributed by atoms with Gasteiger partial charge in [-0.15, -0.1) is 0 Å². The molecule has 1 aliphatic heterocycles. The van der Waals surface area contributed by atoms with Crippen molar-refractivity contribution < 1.29 is 18.3 Å². The van der Waals surface area contributed by atoms with E-state index < -0.39 is 27.8 Å². The molecule has 0 saturated heterocycles. The molecule has 0 unspecified atom stereocenters. The molecule has 2 atom stereocenters. The largest absolute Gasteiger partial charge is 0.485 e. The van der Waals surface area contributed by atoms with Crippen LogP contribution < -0.4 is 10.5 Å². The van der Waals surface area contributed by atoms with Crippen LogP contribution in [-0.2, 0) is 10.0 Å². The van der Waals surface area contributed by atoms with Gasteiger partial charge in [0.1, 0.15) is 17.5 Å². The van der Waals surface area contributed by atoms with Crippen LogP contribution in [0.15, 0.2) is 23.1 Å². The van der Waals surface area contributed by atoms with Gasteiger partial charge in [-0.05, 0) is 32.0 Å². The second kappa shape index (κ2) is 4.70. The second-order valence-corrected chi connectivity index (χ2v) is 7.82. The highest BCUT2D eigenvalue weighted by Gasteiger charge is 2.41. The third-order valence-electron chi connectivity index (χ3n) is 3.54. The van der Waals surface area contributed by atoms with E-state index in [0.717, 1.165) is 4.31 Å². The number of aliphatic hydroxyl groups is 1. The van der Waals surface area contributed by atoms with Gasteiger partial charge in [0.05, 0.1) is 10.9 Å². The van der Waals surface area contributed by atoms with Crippen LogP contribution in [0.4, 0.5) is 0 Å². The summed E-state index contributed by atoms with van der Waals surface area (Å²) >= 11 is 0. The maximum atomic E-state index is 12.1. The van der Waals surface area contributed by atoms with E-state index in [-0.39, 0.29) is 4.90 Å². The second-order valence-electron chi connectivity index (χ2n) is 5.66. The molecule has 6 nitrogen and oxygen atoms in total. The number of rotatable bonds is 2. The average Bonchev–Trinajstić information content (AvgIpc) is 2.35. The number of hydrogen-bond donors (Lipinski definition) is 2. The lowest BCUT2D eigenvalue weighted by molar-refractivity contribution is -0.0572. The molecule has 0 amide bonds. The number of fused-ring (bicyclic) bond motifs is 1. The lowest BCUT2D eigenvalue weighted by Gasteiger charge is -2.40. The van der Waals surface area contributed by atoms with E-state index in [1.54, 1.807) is 19.9 Å². The molecule has 0 spiro atoms. The van der Waals surface area contributed by atoms with Crippen LogP contribution in [0.5, 0.6) is 5.75 Å². The van der Waals surface area contributed by atoms with Crippen molar-refractivity contribution in [2.75, 3.05) is 14.1 Å².